The SMILES string of the molecule is CCCOc1ccc(/C(O)=C2\C(=O)C(=O)N(c3nc4cc(Cl)c(F)cc4s3)C2c2ccccn2)cc1C. The average molecular weight is 538 g/mol. The molecule has 1 aliphatic rings. The minimum absolute atomic E-state index is 0.102. The van der Waals surface area contributed by atoms with E-state index in [1.54, 1.807) is 36.4 Å². The number of benzene rings is 2. The van der Waals surface area contributed by atoms with Gasteiger partial charge in [-0.3, -0.25) is 19.5 Å². The van der Waals surface area contributed by atoms with Crippen molar-refractivity contribution in [2.24, 2.45) is 0 Å². The van der Waals surface area contributed by atoms with Crippen molar-refractivity contribution in [2.75, 3.05) is 11.5 Å². The molecule has 1 atom stereocenters. The number of aryl methyl sites for hydroxylation is 1. The molecule has 0 radical (unpaired) electrons. The lowest BCUT2D eigenvalue weighted by molar-refractivity contribution is -0.132. The first-order valence-electron chi connectivity index (χ1n) is 11.5. The molecule has 0 bridgehead atoms. The zero-order valence-corrected chi connectivity index (χ0v) is 21.4. The number of aliphatic hydroxyl groups is 1. The fraction of sp³-hybridized carbons (Fsp3) is 0.185. The molecular formula is C27H21ClFN3O4S. The van der Waals surface area contributed by atoms with Gasteiger partial charge >= 0.3 is 5.91 Å². The summed E-state index contributed by atoms with van der Waals surface area (Å²) in [5.41, 5.74) is 1.76. The smallest absolute Gasteiger partial charge is 0.301 e. The van der Waals surface area contributed by atoms with E-state index in [-0.39, 0.29) is 21.5 Å². The summed E-state index contributed by atoms with van der Waals surface area (Å²) in [6.45, 7) is 4.39. The van der Waals surface area contributed by atoms with Gasteiger partial charge in [-0.1, -0.05) is 35.9 Å². The van der Waals surface area contributed by atoms with Crippen molar-refractivity contribution in [1.29, 1.82) is 0 Å². The molecule has 37 heavy (non-hydrogen) atoms. The molecule has 1 unspecified atom stereocenters. The minimum Gasteiger partial charge on any atom is -0.507 e. The van der Waals surface area contributed by atoms with Crippen LogP contribution in [-0.4, -0.2) is 33.4 Å². The normalized spacial score (nSPS) is 17.1. The lowest BCUT2D eigenvalue weighted by Crippen LogP contribution is -2.29. The number of carbonyl (C=O) groups excluding carboxylic acids is 2. The van der Waals surface area contributed by atoms with Gasteiger partial charge < -0.3 is 9.84 Å². The van der Waals surface area contributed by atoms with E-state index in [2.05, 4.69) is 9.97 Å². The molecule has 1 amide bonds. The number of rotatable bonds is 6. The highest BCUT2D eigenvalue weighted by atomic mass is 35.5. The Kier molecular flexibility index (Phi) is 6.66. The Morgan fingerprint density at radius 2 is 2.03 bits per heavy atom. The highest BCUT2D eigenvalue weighted by molar-refractivity contribution is 7.22. The third-order valence-electron chi connectivity index (χ3n) is 5.95. The number of fused-ring (bicyclic) bond motifs is 1. The van der Waals surface area contributed by atoms with E-state index < -0.39 is 23.5 Å². The second kappa shape index (κ2) is 9.91. The molecule has 1 fully saturated rings. The number of Topliss-reactive ketones (excluding diaryl/α,β-unsaturated/α-hetero) is 1. The Hall–Kier alpha value is -3.82. The van der Waals surface area contributed by atoms with E-state index in [4.69, 9.17) is 16.3 Å². The van der Waals surface area contributed by atoms with Crippen LogP contribution < -0.4 is 9.64 Å². The molecule has 1 N–H and O–H groups in total. The lowest BCUT2D eigenvalue weighted by Gasteiger charge is -2.22. The molecule has 10 heteroatoms. The molecule has 0 saturated carbocycles. The molecule has 2 aromatic heterocycles. The van der Waals surface area contributed by atoms with Crippen molar-refractivity contribution < 1.29 is 23.8 Å². The fourth-order valence-corrected chi connectivity index (χ4v) is 5.34. The second-order valence-corrected chi connectivity index (χ2v) is 9.90. The van der Waals surface area contributed by atoms with Crippen LogP contribution in [-0.2, 0) is 9.59 Å². The van der Waals surface area contributed by atoms with E-state index in [9.17, 15) is 19.1 Å². The van der Waals surface area contributed by atoms with Crippen LogP contribution in [0.2, 0.25) is 5.02 Å². The molecule has 0 aliphatic carbocycles. The molecule has 7 nitrogen and oxygen atoms in total. The number of thiazole rings is 1. The molecule has 1 aliphatic heterocycles. The van der Waals surface area contributed by atoms with E-state index in [1.807, 2.05) is 13.8 Å². The van der Waals surface area contributed by atoms with E-state index in [0.717, 1.165) is 23.3 Å². The van der Waals surface area contributed by atoms with Crippen molar-refractivity contribution in [1.82, 2.24) is 9.97 Å². The molecule has 0 spiro atoms. The number of ether oxygens (including phenoxy) is 1. The van der Waals surface area contributed by atoms with Crippen LogP contribution in [0.5, 0.6) is 5.75 Å². The number of carbonyl (C=O) groups is 2. The Labute approximate surface area is 220 Å². The van der Waals surface area contributed by atoms with Crippen LogP contribution in [0.25, 0.3) is 16.0 Å². The highest BCUT2D eigenvalue weighted by Crippen LogP contribution is 2.44. The molecule has 188 valence electrons. The lowest BCUT2D eigenvalue weighted by atomic mass is 9.97. The van der Waals surface area contributed by atoms with Crippen LogP contribution in [0.3, 0.4) is 0 Å². The average Bonchev–Trinajstić information content (AvgIpc) is 3.41. The number of hydrogen-bond donors (Lipinski definition) is 1. The largest absolute Gasteiger partial charge is 0.507 e. The van der Waals surface area contributed by atoms with Crippen molar-refractivity contribution in [2.45, 2.75) is 26.3 Å². The predicted octanol–water partition coefficient (Wildman–Crippen LogP) is 6.21. The van der Waals surface area contributed by atoms with Crippen molar-refractivity contribution in [3.63, 3.8) is 0 Å². The predicted molar refractivity (Wildman–Crippen MR) is 141 cm³/mol. The van der Waals surface area contributed by atoms with E-state index in [0.29, 0.717) is 33.8 Å². The van der Waals surface area contributed by atoms with Gasteiger partial charge in [-0.15, -0.1) is 0 Å². The number of halogens is 2. The van der Waals surface area contributed by atoms with E-state index >= 15 is 0 Å². The topological polar surface area (TPSA) is 92.6 Å². The van der Waals surface area contributed by atoms with Gasteiger partial charge in [0.1, 0.15) is 23.4 Å². The monoisotopic (exact) mass is 537 g/mol. The maximum Gasteiger partial charge on any atom is 0.301 e. The molecule has 3 heterocycles. The van der Waals surface area contributed by atoms with Gasteiger partial charge in [0.05, 0.1) is 33.1 Å². The van der Waals surface area contributed by atoms with Crippen LogP contribution in [0, 0.1) is 12.7 Å². The Morgan fingerprint density at radius 3 is 2.73 bits per heavy atom. The first kappa shape index (κ1) is 24.9. The molecule has 5 rings (SSSR count). The number of ketones is 1. The van der Waals surface area contributed by atoms with Gasteiger partial charge in [0, 0.05) is 11.8 Å². The third-order valence-corrected chi connectivity index (χ3v) is 7.25. The summed E-state index contributed by atoms with van der Waals surface area (Å²) in [5.74, 6) is -2.03. The maximum atomic E-state index is 14.1. The van der Waals surface area contributed by atoms with Gasteiger partial charge in [-0.25, -0.2) is 9.37 Å². The summed E-state index contributed by atoms with van der Waals surface area (Å²) >= 11 is 6.95. The highest BCUT2D eigenvalue weighted by Gasteiger charge is 2.48. The number of aliphatic hydroxyl groups excluding tert-OH is 1. The van der Waals surface area contributed by atoms with Crippen molar-refractivity contribution >= 4 is 55.7 Å². The number of pyridine rings is 1. The summed E-state index contributed by atoms with van der Waals surface area (Å²) < 4.78 is 20.2. The van der Waals surface area contributed by atoms with Crippen LogP contribution in [0.4, 0.5) is 9.52 Å². The van der Waals surface area contributed by atoms with Crippen LogP contribution in [0.1, 0.15) is 36.2 Å². The van der Waals surface area contributed by atoms with Crippen LogP contribution >= 0.6 is 22.9 Å². The Bertz CT molecular complexity index is 1530. The number of anilines is 1. The minimum atomic E-state index is -1.04. The fourth-order valence-electron chi connectivity index (χ4n) is 4.19. The third kappa shape index (κ3) is 4.45. The standard InChI is InChI=1S/C27H21ClFN3O4S/c1-3-10-36-20-8-7-15(11-14(20)2)24(33)22-23(18-6-4-5-9-30-18)32(26(35)25(22)34)27-31-19-12-16(28)17(29)13-21(19)37-27/h4-9,11-13,23,33H,3,10H2,1-2H3/b24-22+. The number of nitrogens with zero attached hydrogens (tertiary/aromatic N) is 3. The van der Waals surface area contributed by atoms with Gasteiger partial charge in [-0.05, 0) is 61.4 Å². The summed E-state index contributed by atoms with van der Waals surface area (Å²) in [5, 5.41) is 11.4. The van der Waals surface area contributed by atoms with Gasteiger partial charge in [-0.2, -0.15) is 0 Å². The van der Waals surface area contributed by atoms with E-state index in [1.165, 1.54) is 23.2 Å². The number of aromatic nitrogens is 2. The van der Waals surface area contributed by atoms with Crippen LogP contribution in [0.15, 0.2) is 60.3 Å². The Balaban J connectivity index is 1.66. The van der Waals surface area contributed by atoms with Gasteiger partial charge in [0.2, 0.25) is 0 Å². The number of amides is 1. The summed E-state index contributed by atoms with van der Waals surface area (Å²) in [6.07, 6.45) is 2.38. The first-order valence-corrected chi connectivity index (χ1v) is 12.7. The second-order valence-electron chi connectivity index (χ2n) is 8.48. The Morgan fingerprint density at radius 1 is 1.22 bits per heavy atom. The van der Waals surface area contributed by atoms with Crippen molar-refractivity contribution in [3.8, 4) is 5.75 Å². The summed E-state index contributed by atoms with van der Waals surface area (Å²) in [7, 11) is 0. The van der Waals surface area contributed by atoms with Crippen molar-refractivity contribution in [3.05, 3.63) is 88.0 Å². The van der Waals surface area contributed by atoms with Gasteiger partial charge in [0.15, 0.2) is 5.13 Å². The van der Waals surface area contributed by atoms with Gasteiger partial charge in [0.25, 0.3) is 5.78 Å². The summed E-state index contributed by atoms with van der Waals surface area (Å²) in [6, 6.07) is 11.7. The molecular weight excluding hydrogens is 517 g/mol. The maximum absolute atomic E-state index is 14.1. The quantitative estimate of drug-likeness (QED) is 0.179. The summed E-state index contributed by atoms with van der Waals surface area (Å²) in [4.78, 5) is 36.7. The number of hydrogen-bond acceptors (Lipinski definition) is 7. The zero-order chi connectivity index (χ0) is 26.3. The molecule has 1 saturated heterocycles. The molecule has 4 aromatic rings. The zero-order valence-electron chi connectivity index (χ0n) is 19.9. The first-order chi connectivity index (χ1) is 17.8. The molecule has 2 aromatic carbocycles.